The molecule has 3 aromatic carbocycles. The molecule has 6 rings (SSSR count). The second-order valence-corrected chi connectivity index (χ2v) is 12.5. The molecule has 2 aliphatic heterocycles. The number of oxime groups is 1. The summed E-state index contributed by atoms with van der Waals surface area (Å²) in [4.78, 5) is 55.2. The van der Waals surface area contributed by atoms with Gasteiger partial charge in [0.2, 0.25) is 5.91 Å². The number of halogens is 1. The van der Waals surface area contributed by atoms with E-state index in [2.05, 4.69) is 16.0 Å². The van der Waals surface area contributed by atoms with Crippen molar-refractivity contribution in [3.8, 4) is 0 Å². The van der Waals surface area contributed by atoms with E-state index in [-0.39, 0.29) is 34.9 Å². The Morgan fingerprint density at radius 1 is 1.00 bits per heavy atom. The van der Waals surface area contributed by atoms with E-state index in [0.29, 0.717) is 22.2 Å². The van der Waals surface area contributed by atoms with Crippen LogP contribution >= 0.6 is 34.7 Å². The lowest BCUT2D eigenvalue weighted by molar-refractivity contribution is -0.158. The molecule has 2 amide bonds. The normalized spacial score (nSPS) is 16.3. The first kappa shape index (κ1) is 31.3. The van der Waals surface area contributed by atoms with Crippen LogP contribution in [0.1, 0.15) is 28.8 Å². The van der Waals surface area contributed by atoms with Crippen molar-refractivity contribution in [2.45, 2.75) is 18.0 Å². The van der Waals surface area contributed by atoms with Gasteiger partial charge in [0, 0.05) is 22.5 Å². The lowest BCUT2D eigenvalue weighted by Crippen LogP contribution is -2.57. The predicted molar refractivity (Wildman–Crippen MR) is 178 cm³/mol. The molecule has 1 aromatic heterocycles. The number of allylic oxidation sites excluding steroid dienone is 1. The third-order valence-corrected chi connectivity index (χ3v) is 10.0. The zero-order valence-corrected chi connectivity index (χ0v) is 26.9. The predicted octanol–water partition coefficient (Wildman–Crippen LogP) is 5.27. The van der Waals surface area contributed by atoms with Crippen LogP contribution in [0.2, 0.25) is 0 Å². The van der Waals surface area contributed by atoms with Crippen LogP contribution in [0.15, 0.2) is 112 Å². The molecule has 0 saturated carbocycles. The molecule has 0 bridgehead atoms. The molecule has 13 heteroatoms. The molecule has 1 fully saturated rings. The summed E-state index contributed by atoms with van der Waals surface area (Å²) in [5.74, 6) is -1.29. The second kappa shape index (κ2) is 13.8. The maximum absolute atomic E-state index is 13.3. The van der Waals surface area contributed by atoms with Gasteiger partial charge < -0.3 is 19.9 Å². The number of nitrogens with zero attached hydrogens (tertiary/aromatic N) is 3. The maximum atomic E-state index is 13.3. The van der Waals surface area contributed by atoms with Gasteiger partial charge in [-0.2, -0.15) is 5.48 Å². The highest BCUT2D eigenvalue weighted by molar-refractivity contribution is 8.03. The van der Waals surface area contributed by atoms with Gasteiger partial charge in [0.15, 0.2) is 10.8 Å². The van der Waals surface area contributed by atoms with Gasteiger partial charge in [0.25, 0.3) is 0 Å². The van der Waals surface area contributed by atoms with Gasteiger partial charge in [-0.1, -0.05) is 96.2 Å². The number of alkyl halides is 1. The Labute approximate surface area is 278 Å². The van der Waals surface area contributed by atoms with Gasteiger partial charge in [-0.3, -0.25) is 9.59 Å². The van der Waals surface area contributed by atoms with Crippen LogP contribution in [0.4, 0.5) is 5.13 Å². The van der Waals surface area contributed by atoms with Crippen molar-refractivity contribution >= 4 is 63.3 Å². The fourth-order valence-corrected chi connectivity index (χ4v) is 7.67. The Morgan fingerprint density at radius 3 is 2.11 bits per heavy atom. The summed E-state index contributed by atoms with van der Waals surface area (Å²) in [5, 5.41) is 9.69. The minimum atomic E-state index is -0.898. The Bertz CT molecular complexity index is 1700. The molecule has 234 valence electrons. The molecule has 46 heavy (non-hydrogen) atoms. The molecule has 10 nitrogen and oxygen atoms in total. The van der Waals surface area contributed by atoms with E-state index < -0.39 is 17.4 Å². The molecule has 1 saturated heterocycles. The first-order chi connectivity index (χ1) is 22.5. The molecule has 3 heterocycles. The highest BCUT2D eigenvalue weighted by Crippen LogP contribution is 2.41. The fourth-order valence-electron chi connectivity index (χ4n) is 5.50. The number of thiazole rings is 1. The number of aromatic nitrogens is 1. The number of carbonyl (C=O) groups is 3. The number of hydroxylamine groups is 1. The number of anilines is 1. The van der Waals surface area contributed by atoms with Crippen LogP contribution in [0.5, 0.6) is 0 Å². The summed E-state index contributed by atoms with van der Waals surface area (Å²) < 4.78 is 0. The molecule has 0 spiro atoms. The highest BCUT2D eigenvalue weighted by atomic mass is 35.5. The standard InChI is InChI=1S/C33H28ClN5O5S2/c1-43-37-28(30(41)38-44-31(42)29-26(18-34)45-19-24-17-27(40)39(24)29)25-20-46-32(35-25)36-33(21-11-5-2-6-12-21,22-13-7-3-8-14-22)23-15-9-4-10-16-23/h2-16,20,24H,17-19H2,1H3,(H,35,36)(H,38,41)/t24-/m0/s1. The SMILES string of the molecule is CON=C(C(=O)NOC(=O)C1=C(CCl)SC[C@@H]2CC(=O)N12)c1csc(NC(c2ccccc2)(c2ccccc2)c2ccccc2)n1. The van der Waals surface area contributed by atoms with E-state index in [1.54, 1.807) is 5.38 Å². The lowest BCUT2D eigenvalue weighted by atomic mass is 9.77. The quantitative estimate of drug-likeness (QED) is 0.0768. The molecule has 0 unspecified atom stereocenters. The number of nitrogens with one attached hydrogen (secondary N) is 2. The molecule has 0 aliphatic carbocycles. The van der Waals surface area contributed by atoms with Crippen molar-refractivity contribution in [2.75, 3.05) is 24.1 Å². The molecule has 2 N–H and O–H groups in total. The van der Waals surface area contributed by atoms with Gasteiger partial charge in [-0.25, -0.2) is 9.78 Å². The van der Waals surface area contributed by atoms with Gasteiger partial charge in [0.05, 0.1) is 11.9 Å². The largest absolute Gasteiger partial charge is 0.398 e. The number of rotatable bonds is 10. The van der Waals surface area contributed by atoms with E-state index in [0.717, 1.165) is 16.7 Å². The first-order valence-electron chi connectivity index (χ1n) is 14.2. The Morgan fingerprint density at radius 2 is 1.59 bits per heavy atom. The third-order valence-electron chi connectivity index (χ3n) is 7.61. The number of amides is 2. The molecular formula is C33H28ClN5O5S2. The zero-order valence-electron chi connectivity index (χ0n) is 24.5. The molecule has 1 atom stereocenters. The third kappa shape index (κ3) is 5.98. The van der Waals surface area contributed by atoms with E-state index in [9.17, 15) is 14.4 Å². The number of hydrogen-bond donors (Lipinski definition) is 2. The number of carbonyl (C=O) groups excluding carboxylic acids is 3. The summed E-state index contributed by atoms with van der Waals surface area (Å²) in [6, 6.07) is 30.0. The van der Waals surface area contributed by atoms with Crippen LogP contribution in [-0.2, 0) is 29.6 Å². The van der Waals surface area contributed by atoms with Crippen molar-refractivity contribution in [1.29, 1.82) is 0 Å². The fraction of sp³-hybridized carbons (Fsp3) is 0.182. The van der Waals surface area contributed by atoms with Gasteiger partial charge in [-0.05, 0) is 16.7 Å². The van der Waals surface area contributed by atoms with Gasteiger partial charge >= 0.3 is 11.9 Å². The zero-order chi connectivity index (χ0) is 32.1. The minimum Gasteiger partial charge on any atom is -0.398 e. The smallest absolute Gasteiger partial charge is 0.380 e. The Hall–Kier alpha value is -4.65. The second-order valence-electron chi connectivity index (χ2n) is 10.3. The number of hydrogen-bond acceptors (Lipinski definition) is 10. The summed E-state index contributed by atoms with van der Waals surface area (Å²) in [6.45, 7) is 0. The van der Waals surface area contributed by atoms with E-state index in [1.165, 1.54) is 35.1 Å². The van der Waals surface area contributed by atoms with Crippen molar-refractivity contribution in [3.05, 3.63) is 129 Å². The van der Waals surface area contributed by atoms with E-state index in [4.69, 9.17) is 26.3 Å². The number of β-lactam (4-membered cyclic amide) rings is 1. The van der Waals surface area contributed by atoms with Crippen LogP contribution in [0, 0.1) is 0 Å². The van der Waals surface area contributed by atoms with Gasteiger partial charge in [0.1, 0.15) is 24.0 Å². The van der Waals surface area contributed by atoms with Crippen molar-refractivity contribution in [3.63, 3.8) is 0 Å². The lowest BCUT2D eigenvalue weighted by Gasteiger charge is -2.44. The summed E-state index contributed by atoms with van der Waals surface area (Å²) in [6.07, 6.45) is 0.344. The van der Waals surface area contributed by atoms with Crippen LogP contribution in [-0.4, -0.2) is 58.2 Å². The Kier molecular flexibility index (Phi) is 9.38. The van der Waals surface area contributed by atoms with Crippen LogP contribution in [0.25, 0.3) is 0 Å². The molecule has 4 aromatic rings. The average Bonchev–Trinajstić information content (AvgIpc) is 3.56. The maximum Gasteiger partial charge on any atom is 0.380 e. The van der Waals surface area contributed by atoms with E-state index >= 15 is 0 Å². The van der Waals surface area contributed by atoms with E-state index in [1.807, 2.05) is 91.0 Å². The number of benzene rings is 3. The van der Waals surface area contributed by atoms with Crippen molar-refractivity contribution in [1.82, 2.24) is 15.4 Å². The molecule has 2 aliphatic rings. The monoisotopic (exact) mass is 673 g/mol. The topological polar surface area (TPSA) is 122 Å². The number of fused-ring (bicyclic) bond motifs is 1. The first-order valence-corrected chi connectivity index (χ1v) is 16.6. The number of thioether (sulfide) groups is 1. The molecular weight excluding hydrogens is 646 g/mol. The minimum absolute atomic E-state index is 0.0287. The van der Waals surface area contributed by atoms with Crippen molar-refractivity contribution < 1.29 is 24.1 Å². The van der Waals surface area contributed by atoms with Crippen LogP contribution in [0.3, 0.4) is 0 Å². The average molecular weight is 674 g/mol. The highest BCUT2D eigenvalue weighted by Gasteiger charge is 2.46. The van der Waals surface area contributed by atoms with Crippen molar-refractivity contribution in [2.24, 2.45) is 5.16 Å². The van der Waals surface area contributed by atoms with Gasteiger partial charge in [-0.15, -0.1) is 34.7 Å². The summed E-state index contributed by atoms with van der Waals surface area (Å²) in [7, 11) is 1.29. The summed E-state index contributed by atoms with van der Waals surface area (Å²) in [5.41, 5.74) is 4.25. The Balaban J connectivity index is 1.28. The molecule has 0 radical (unpaired) electrons. The van der Waals surface area contributed by atoms with Crippen LogP contribution < -0.4 is 10.8 Å². The summed E-state index contributed by atoms with van der Waals surface area (Å²) >= 11 is 8.71.